The average molecular weight is 423 g/mol. The summed E-state index contributed by atoms with van der Waals surface area (Å²) in [6.07, 6.45) is 0.821. The molecule has 0 radical (unpaired) electrons. The molecule has 0 unspecified atom stereocenters. The molecular weight excluding hydrogens is 400 g/mol. The van der Waals surface area contributed by atoms with E-state index >= 15 is 0 Å². The van der Waals surface area contributed by atoms with Crippen molar-refractivity contribution < 1.29 is 9.21 Å². The van der Waals surface area contributed by atoms with Crippen molar-refractivity contribution in [1.29, 1.82) is 0 Å². The van der Waals surface area contributed by atoms with E-state index in [2.05, 4.69) is 22.1 Å². The summed E-state index contributed by atoms with van der Waals surface area (Å²) < 4.78 is 5.80. The Balaban J connectivity index is 1.59. The van der Waals surface area contributed by atoms with E-state index in [4.69, 9.17) is 16.0 Å². The number of benzene rings is 2. The van der Waals surface area contributed by atoms with Crippen molar-refractivity contribution in [2.24, 2.45) is 0 Å². The van der Waals surface area contributed by atoms with Crippen molar-refractivity contribution in [1.82, 2.24) is 20.1 Å². The monoisotopic (exact) mass is 422 g/mol. The second-order valence-corrected chi connectivity index (χ2v) is 7.75. The normalized spacial score (nSPS) is 11.2. The Labute approximate surface area is 179 Å². The van der Waals surface area contributed by atoms with Gasteiger partial charge in [0.1, 0.15) is 0 Å². The van der Waals surface area contributed by atoms with E-state index in [1.165, 1.54) is 0 Å². The van der Waals surface area contributed by atoms with Gasteiger partial charge in [-0.2, -0.15) is 0 Å². The first-order chi connectivity index (χ1) is 14.5. The largest absolute Gasteiger partial charge is 0.419 e. The van der Waals surface area contributed by atoms with Crippen LogP contribution in [0, 0.1) is 13.8 Å². The standard InChI is InChI=1S/C23H23ClN4O2/c1-4-11-28(13-21-26-27-22(30-21)17-7-5-6-8-19(17)24)23(29)16-9-10-20-18(12-16)14(2)15(3)25-20/h5-10,12,25H,4,11,13H2,1-3H3. The van der Waals surface area contributed by atoms with Gasteiger partial charge >= 0.3 is 0 Å². The first-order valence-corrected chi connectivity index (χ1v) is 10.3. The van der Waals surface area contributed by atoms with Crippen LogP contribution in [0.25, 0.3) is 22.4 Å². The Hall–Kier alpha value is -3.12. The first-order valence-electron chi connectivity index (χ1n) is 9.93. The van der Waals surface area contributed by atoms with E-state index in [9.17, 15) is 4.79 Å². The number of nitrogens with zero attached hydrogens (tertiary/aromatic N) is 3. The van der Waals surface area contributed by atoms with Crippen molar-refractivity contribution in [2.45, 2.75) is 33.7 Å². The molecule has 0 atom stereocenters. The maximum Gasteiger partial charge on any atom is 0.254 e. The lowest BCUT2D eigenvalue weighted by Gasteiger charge is -2.20. The molecule has 1 N–H and O–H groups in total. The highest BCUT2D eigenvalue weighted by molar-refractivity contribution is 6.33. The van der Waals surface area contributed by atoms with E-state index < -0.39 is 0 Å². The van der Waals surface area contributed by atoms with Crippen LogP contribution in [0.5, 0.6) is 0 Å². The average Bonchev–Trinajstić information content (AvgIpc) is 3.32. The summed E-state index contributed by atoms with van der Waals surface area (Å²) >= 11 is 6.22. The summed E-state index contributed by atoms with van der Waals surface area (Å²) in [6, 6.07) is 13.1. The number of carbonyl (C=O) groups excluding carboxylic acids is 1. The van der Waals surface area contributed by atoms with E-state index in [1.54, 1.807) is 11.0 Å². The van der Waals surface area contributed by atoms with Gasteiger partial charge in [-0.3, -0.25) is 4.79 Å². The quantitative estimate of drug-likeness (QED) is 0.442. The molecule has 0 spiro atoms. The van der Waals surface area contributed by atoms with Crippen molar-refractivity contribution in [3.8, 4) is 11.5 Å². The van der Waals surface area contributed by atoms with Gasteiger partial charge in [0, 0.05) is 28.7 Å². The summed E-state index contributed by atoms with van der Waals surface area (Å²) in [6.45, 7) is 6.96. The van der Waals surface area contributed by atoms with Crippen LogP contribution in [0.4, 0.5) is 0 Å². The van der Waals surface area contributed by atoms with Gasteiger partial charge in [-0.25, -0.2) is 0 Å². The molecule has 6 nitrogen and oxygen atoms in total. The number of aromatic nitrogens is 3. The molecule has 4 rings (SSSR count). The predicted octanol–water partition coefficient (Wildman–Crippen LogP) is 5.54. The number of hydrogen-bond acceptors (Lipinski definition) is 4. The zero-order valence-corrected chi connectivity index (χ0v) is 18.0. The fourth-order valence-corrected chi connectivity index (χ4v) is 3.74. The van der Waals surface area contributed by atoms with Crippen molar-refractivity contribution in [3.63, 3.8) is 0 Å². The highest BCUT2D eigenvalue weighted by Crippen LogP contribution is 2.27. The Morgan fingerprint density at radius 3 is 2.73 bits per heavy atom. The summed E-state index contributed by atoms with van der Waals surface area (Å²) in [7, 11) is 0. The molecule has 0 aliphatic carbocycles. The Morgan fingerprint density at radius 1 is 1.17 bits per heavy atom. The van der Waals surface area contributed by atoms with Crippen LogP contribution >= 0.6 is 11.6 Å². The number of carbonyl (C=O) groups is 1. The molecule has 2 aromatic heterocycles. The van der Waals surface area contributed by atoms with Crippen LogP contribution < -0.4 is 0 Å². The lowest BCUT2D eigenvalue weighted by atomic mass is 10.1. The Morgan fingerprint density at radius 2 is 1.97 bits per heavy atom. The predicted molar refractivity (Wildman–Crippen MR) is 118 cm³/mol. The molecule has 0 bridgehead atoms. The molecular formula is C23H23ClN4O2. The lowest BCUT2D eigenvalue weighted by molar-refractivity contribution is 0.0729. The number of halogens is 1. The third kappa shape index (κ3) is 3.83. The molecule has 2 heterocycles. The van der Waals surface area contributed by atoms with Gasteiger partial charge < -0.3 is 14.3 Å². The fraction of sp³-hybridized carbons (Fsp3) is 0.261. The number of amides is 1. The molecule has 4 aromatic rings. The van der Waals surface area contributed by atoms with Crippen molar-refractivity contribution in [2.75, 3.05) is 6.54 Å². The number of fused-ring (bicyclic) bond motifs is 1. The van der Waals surface area contributed by atoms with Gasteiger partial charge in [0.15, 0.2) is 0 Å². The van der Waals surface area contributed by atoms with Crippen LogP contribution in [-0.4, -0.2) is 32.5 Å². The van der Waals surface area contributed by atoms with E-state index in [0.29, 0.717) is 34.5 Å². The maximum absolute atomic E-state index is 13.2. The highest BCUT2D eigenvalue weighted by atomic mass is 35.5. The maximum atomic E-state index is 13.2. The van der Waals surface area contributed by atoms with Crippen LogP contribution in [0.3, 0.4) is 0 Å². The van der Waals surface area contributed by atoms with Gasteiger partial charge in [-0.05, 0) is 56.2 Å². The zero-order valence-electron chi connectivity index (χ0n) is 17.2. The third-order valence-corrected chi connectivity index (χ3v) is 5.56. The summed E-state index contributed by atoms with van der Waals surface area (Å²) in [5.41, 5.74) is 4.62. The molecule has 0 aliphatic heterocycles. The minimum Gasteiger partial charge on any atom is -0.419 e. The van der Waals surface area contributed by atoms with Gasteiger partial charge in [-0.15, -0.1) is 10.2 Å². The number of aromatic amines is 1. The van der Waals surface area contributed by atoms with Crippen molar-refractivity contribution in [3.05, 3.63) is 70.2 Å². The smallest absolute Gasteiger partial charge is 0.254 e. The highest BCUT2D eigenvalue weighted by Gasteiger charge is 2.20. The van der Waals surface area contributed by atoms with E-state index in [0.717, 1.165) is 28.6 Å². The molecule has 30 heavy (non-hydrogen) atoms. The molecule has 1 amide bonds. The first kappa shape index (κ1) is 20.2. The molecule has 0 fully saturated rings. The third-order valence-electron chi connectivity index (χ3n) is 5.23. The zero-order chi connectivity index (χ0) is 21.3. The van der Waals surface area contributed by atoms with E-state index in [1.807, 2.05) is 50.2 Å². The fourth-order valence-electron chi connectivity index (χ4n) is 3.52. The number of rotatable bonds is 6. The number of hydrogen-bond donors (Lipinski definition) is 1. The van der Waals surface area contributed by atoms with Crippen LogP contribution in [0.15, 0.2) is 46.9 Å². The topological polar surface area (TPSA) is 75.0 Å². The van der Waals surface area contributed by atoms with Crippen LogP contribution in [0.2, 0.25) is 5.02 Å². The second kappa shape index (κ2) is 8.32. The van der Waals surface area contributed by atoms with Gasteiger partial charge in [0.25, 0.3) is 5.91 Å². The minimum atomic E-state index is -0.0607. The van der Waals surface area contributed by atoms with Crippen LogP contribution in [-0.2, 0) is 6.54 Å². The molecule has 0 saturated carbocycles. The molecule has 2 aromatic carbocycles. The Kier molecular flexibility index (Phi) is 5.59. The minimum absolute atomic E-state index is 0.0607. The van der Waals surface area contributed by atoms with Gasteiger partial charge in [0.2, 0.25) is 11.8 Å². The van der Waals surface area contributed by atoms with Crippen LogP contribution in [0.1, 0.15) is 40.9 Å². The summed E-state index contributed by atoms with van der Waals surface area (Å²) in [5.74, 6) is 0.662. The lowest BCUT2D eigenvalue weighted by Crippen LogP contribution is -2.31. The van der Waals surface area contributed by atoms with E-state index in [-0.39, 0.29) is 12.5 Å². The SMILES string of the molecule is CCCN(Cc1nnc(-c2ccccc2Cl)o1)C(=O)c1ccc2[nH]c(C)c(C)c2c1. The van der Waals surface area contributed by atoms with Crippen molar-refractivity contribution >= 4 is 28.4 Å². The van der Waals surface area contributed by atoms with Gasteiger partial charge in [-0.1, -0.05) is 30.7 Å². The molecule has 154 valence electrons. The molecule has 7 heteroatoms. The number of H-pyrrole nitrogens is 1. The molecule has 0 aliphatic rings. The number of aryl methyl sites for hydroxylation is 2. The summed E-state index contributed by atoms with van der Waals surface area (Å²) in [5, 5.41) is 9.83. The Bertz CT molecular complexity index is 1210. The van der Waals surface area contributed by atoms with Gasteiger partial charge in [0.05, 0.1) is 17.1 Å². The summed E-state index contributed by atoms with van der Waals surface area (Å²) in [4.78, 5) is 18.3. The molecule has 0 saturated heterocycles. The second-order valence-electron chi connectivity index (χ2n) is 7.34. The number of nitrogens with one attached hydrogen (secondary N) is 1.